The number of piperidine rings is 1. The molecule has 0 radical (unpaired) electrons. The van der Waals surface area contributed by atoms with Gasteiger partial charge in [0.1, 0.15) is 18.0 Å². The van der Waals surface area contributed by atoms with Crippen LogP contribution in [-0.2, 0) is 20.0 Å². The maximum absolute atomic E-state index is 9.39. The third kappa shape index (κ3) is 3.84. The topological polar surface area (TPSA) is 79.1 Å². The quantitative estimate of drug-likeness (QED) is 0.837. The standard InChI is InChI=1S/C17H26N6O/c1-3-15-14(10-22(2)21-15)8-18-16-7-17(20-12-19-16)23-6-4-5-13(9-23)11-24/h7,10,12-13,24H,3-6,8-9,11H2,1-2H3,(H,18,19,20). The molecule has 3 rings (SSSR count). The molecule has 2 aromatic heterocycles. The normalized spacial score (nSPS) is 18.0. The van der Waals surface area contributed by atoms with Crippen LogP contribution in [0, 0.1) is 5.92 Å². The van der Waals surface area contributed by atoms with Gasteiger partial charge < -0.3 is 15.3 Å². The zero-order chi connectivity index (χ0) is 16.9. The average Bonchev–Trinajstić information content (AvgIpc) is 3.00. The Balaban J connectivity index is 1.66. The zero-order valence-corrected chi connectivity index (χ0v) is 14.4. The van der Waals surface area contributed by atoms with Crippen molar-refractivity contribution < 1.29 is 5.11 Å². The molecule has 0 aliphatic carbocycles. The second-order valence-corrected chi connectivity index (χ2v) is 6.38. The average molecular weight is 330 g/mol. The van der Waals surface area contributed by atoms with Crippen LogP contribution in [0.5, 0.6) is 0 Å². The van der Waals surface area contributed by atoms with Gasteiger partial charge in [-0.1, -0.05) is 6.92 Å². The van der Waals surface area contributed by atoms with Gasteiger partial charge in [-0.2, -0.15) is 5.10 Å². The summed E-state index contributed by atoms with van der Waals surface area (Å²) in [5.74, 6) is 2.08. The summed E-state index contributed by atoms with van der Waals surface area (Å²) in [6.45, 7) is 4.90. The van der Waals surface area contributed by atoms with Crippen LogP contribution in [0.1, 0.15) is 31.0 Å². The van der Waals surface area contributed by atoms with Crippen LogP contribution in [0.25, 0.3) is 0 Å². The van der Waals surface area contributed by atoms with Gasteiger partial charge in [0.25, 0.3) is 0 Å². The van der Waals surface area contributed by atoms with Crippen LogP contribution in [0.2, 0.25) is 0 Å². The van der Waals surface area contributed by atoms with E-state index < -0.39 is 0 Å². The summed E-state index contributed by atoms with van der Waals surface area (Å²) in [6.07, 6.45) is 6.75. The summed E-state index contributed by atoms with van der Waals surface area (Å²) in [5, 5.41) is 17.2. The number of rotatable bonds is 6. The molecule has 1 fully saturated rings. The van der Waals surface area contributed by atoms with E-state index in [2.05, 4.69) is 32.2 Å². The van der Waals surface area contributed by atoms with Gasteiger partial charge in [0.2, 0.25) is 0 Å². The minimum Gasteiger partial charge on any atom is -0.396 e. The Bertz CT molecular complexity index is 671. The molecule has 7 heteroatoms. The van der Waals surface area contributed by atoms with Gasteiger partial charge in [0.05, 0.1) is 5.69 Å². The van der Waals surface area contributed by atoms with Gasteiger partial charge in [0.15, 0.2) is 0 Å². The fourth-order valence-electron chi connectivity index (χ4n) is 3.25. The van der Waals surface area contributed by atoms with Gasteiger partial charge >= 0.3 is 0 Å². The second-order valence-electron chi connectivity index (χ2n) is 6.38. The first-order valence-corrected chi connectivity index (χ1v) is 8.62. The van der Waals surface area contributed by atoms with E-state index in [0.29, 0.717) is 12.5 Å². The Morgan fingerprint density at radius 3 is 3.04 bits per heavy atom. The molecule has 0 bridgehead atoms. The van der Waals surface area contributed by atoms with Crippen molar-refractivity contribution in [1.82, 2.24) is 19.7 Å². The summed E-state index contributed by atoms with van der Waals surface area (Å²) in [6, 6.07) is 1.99. The first-order chi connectivity index (χ1) is 11.7. The number of aliphatic hydroxyl groups is 1. The number of anilines is 2. The highest BCUT2D eigenvalue weighted by atomic mass is 16.3. The van der Waals surface area contributed by atoms with Crippen LogP contribution in [0.15, 0.2) is 18.6 Å². The summed E-state index contributed by atoms with van der Waals surface area (Å²) in [4.78, 5) is 11.0. The number of aryl methyl sites for hydroxylation is 2. The van der Waals surface area contributed by atoms with E-state index in [-0.39, 0.29) is 6.61 Å². The molecule has 7 nitrogen and oxygen atoms in total. The van der Waals surface area contributed by atoms with Crippen molar-refractivity contribution in [2.24, 2.45) is 13.0 Å². The minimum absolute atomic E-state index is 0.244. The van der Waals surface area contributed by atoms with Gasteiger partial charge in [-0.3, -0.25) is 4.68 Å². The largest absolute Gasteiger partial charge is 0.396 e. The molecule has 24 heavy (non-hydrogen) atoms. The first kappa shape index (κ1) is 16.7. The Morgan fingerprint density at radius 1 is 1.38 bits per heavy atom. The Morgan fingerprint density at radius 2 is 2.25 bits per heavy atom. The molecule has 3 heterocycles. The van der Waals surface area contributed by atoms with Crippen LogP contribution < -0.4 is 10.2 Å². The highest BCUT2D eigenvalue weighted by molar-refractivity contribution is 5.49. The molecule has 0 spiro atoms. The van der Waals surface area contributed by atoms with Crippen LogP contribution in [0.4, 0.5) is 11.6 Å². The maximum Gasteiger partial charge on any atom is 0.134 e. The fourth-order valence-corrected chi connectivity index (χ4v) is 3.25. The van der Waals surface area contributed by atoms with E-state index in [4.69, 9.17) is 0 Å². The summed E-state index contributed by atoms with van der Waals surface area (Å²) >= 11 is 0. The van der Waals surface area contributed by atoms with Gasteiger partial charge in [-0.05, 0) is 25.2 Å². The van der Waals surface area contributed by atoms with Crippen molar-refractivity contribution in [2.75, 3.05) is 29.9 Å². The number of aliphatic hydroxyl groups excluding tert-OH is 1. The number of hydrogen-bond donors (Lipinski definition) is 2. The smallest absolute Gasteiger partial charge is 0.134 e. The molecule has 0 aromatic carbocycles. The van der Waals surface area contributed by atoms with E-state index in [1.807, 2.05) is 24.0 Å². The van der Waals surface area contributed by atoms with E-state index in [1.165, 1.54) is 5.56 Å². The molecular formula is C17H26N6O. The molecular weight excluding hydrogens is 304 g/mol. The highest BCUT2D eigenvalue weighted by Gasteiger charge is 2.20. The predicted octanol–water partition coefficient (Wildman–Crippen LogP) is 1.59. The lowest BCUT2D eigenvalue weighted by Gasteiger charge is -2.32. The summed E-state index contributed by atoms with van der Waals surface area (Å²) < 4.78 is 1.85. The lowest BCUT2D eigenvalue weighted by molar-refractivity contribution is 0.208. The predicted molar refractivity (Wildman–Crippen MR) is 94.0 cm³/mol. The molecule has 1 aliphatic rings. The van der Waals surface area contributed by atoms with Crippen LogP contribution in [-0.4, -0.2) is 44.6 Å². The van der Waals surface area contributed by atoms with Gasteiger partial charge in [-0.25, -0.2) is 9.97 Å². The summed E-state index contributed by atoms with van der Waals surface area (Å²) in [7, 11) is 1.94. The van der Waals surface area contributed by atoms with E-state index in [9.17, 15) is 5.11 Å². The SMILES string of the molecule is CCc1nn(C)cc1CNc1cc(N2CCCC(CO)C2)ncn1. The molecule has 1 unspecified atom stereocenters. The number of nitrogens with one attached hydrogen (secondary N) is 1. The lowest BCUT2D eigenvalue weighted by Crippen LogP contribution is -2.37. The molecule has 2 aromatic rings. The monoisotopic (exact) mass is 330 g/mol. The Hall–Kier alpha value is -2.15. The molecule has 1 aliphatic heterocycles. The Kier molecular flexibility index (Phi) is 5.30. The minimum atomic E-state index is 0.244. The Labute approximate surface area is 142 Å². The van der Waals surface area contributed by atoms with Crippen LogP contribution in [0.3, 0.4) is 0 Å². The van der Waals surface area contributed by atoms with Gasteiger partial charge in [-0.15, -0.1) is 0 Å². The van der Waals surface area contributed by atoms with Crippen molar-refractivity contribution >= 4 is 11.6 Å². The molecule has 2 N–H and O–H groups in total. The van der Waals surface area contributed by atoms with Crippen molar-refractivity contribution in [3.05, 3.63) is 29.8 Å². The highest BCUT2D eigenvalue weighted by Crippen LogP contribution is 2.22. The first-order valence-electron chi connectivity index (χ1n) is 8.62. The van der Waals surface area contributed by atoms with E-state index in [1.54, 1.807) is 6.33 Å². The van der Waals surface area contributed by atoms with E-state index in [0.717, 1.165) is 49.7 Å². The van der Waals surface area contributed by atoms with Crippen molar-refractivity contribution in [3.8, 4) is 0 Å². The molecule has 130 valence electrons. The summed E-state index contributed by atoms with van der Waals surface area (Å²) in [5.41, 5.74) is 2.31. The van der Waals surface area contributed by atoms with Gasteiger partial charge in [0, 0.05) is 51.1 Å². The molecule has 0 amide bonds. The van der Waals surface area contributed by atoms with Crippen molar-refractivity contribution in [2.45, 2.75) is 32.7 Å². The number of aromatic nitrogens is 4. The lowest BCUT2D eigenvalue weighted by atomic mass is 9.99. The fraction of sp³-hybridized carbons (Fsp3) is 0.588. The van der Waals surface area contributed by atoms with Crippen molar-refractivity contribution in [1.29, 1.82) is 0 Å². The molecule has 1 atom stereocenters. The number of nitrogens with zero attached hydrogens (tertiary/aromatic N) is 5. The third-order valence-electron chi connectivity index (χ3n) is 4.54. The third-order valence-corrected chi connectivity index (χ3v) is 4.54. The second kappa shape index (κ2) is 7.61. The number of hydrogen-bond acceptors (Lipinski definition) is 6. The maximum atomic E-state index is 9.39. The molecule has 0 saturated carbocycles. The molecule has 1 saturated heterocycles. The zero-order valence-electron chi connectivity index (χ0n) is 14.4. The van der Waals surface area contributed by atoms with Crippen LogP contribution >= 0.6 is 0 Å². The van der Waals surface area contributed by atoms with E-state index >= 15 is 0 Å². The van der Waals surface area contributed by atoms with Crippen molar-refractivity contribution in [3.63, 3.8) is 0 Å².